The molecule has 0 amide bonds. The van der Waals surface area contributed by atoms with Crippen LogP contribution in [0.1, 0.15) is 13.3 Å². The van der Waals surface area contributed by atoms with Gasteiger partial charge in [0.1, 0.15) is 5.84 Å². The van der Waals surface area contributed by atoms with Gasteiger partial charge < -0.3 is 14.4 Å². The van der Waals surface area contributed by atoms with E-state index in [1.807, 2.05) is 62.3 Å². The van der Waals surface area contributed by atoms with Crippen LogP contribution in [0.15, 0.2) is 68.9 Å². The zero-order chi connectivity index (χ0) is 21.3. The van der Waals surface area contributed by atoms with Crippen molar-refractivity contribution in [1.82, 2.24) is 15.0 Å². The molecule has 0 unspecified atom stereocenters. The summed E-state index contributed by atoms with van der Waals surface area (Å²) in [6.07, 6.45) is 0.750. The first-order valence-electron chi connectivity index (χ1n) is 9.61. The van der Waals surface area contributed by atoms with Gasteiger partial charge in [-0.3, -0.25) is 4.79 Å². The number of aromatic nitrogens is 2. The van der Waals surface area contributed by atoms with Crippen LogP contribution >= 0.6 is 11.6 Å². The number of aromatic amines is 1. The third kappa shape index (κ3) is 3.74. The van der Waals surface area contributed by atoms with E-state index in [4.69, 9.17) is 16.1 Å². The standard InChI is InChI=1S/C23H21ClN4O2/c1-4-20(28(2)3)26-19-13-18(30-27-19)22-21(14-8-6-5-7-9-14)16-12-15(24)10-11-17(16)25-23(22)29/h5-13H,4H2,1-3H3,(H,25,29)/b26-20+. The Hall–Kier alpha value is -3.38. The van der Waals surface area contributed by atoms with Crippen LogP contribution in [0.3, 0.4) is 0 Å². The average Bonchev–Trinajstić information content (AvgIpc) is 3.20. The number of amidine groups is 1. The number of H-pyrrole nitrogens is 1. The highest BCUT2D eigenvalue weighted by Gasteiger charge is 2.20. The first-order chi connectivity index (χ1) is 14.5. The smallest absolute Gasteiger partial charge is 0.260 e. The molecule has 0 aliphatic heterocycles. The summed E-state index contributed by atoms with van der Waals surface area (Å²) in [4.78, 5) is 22.5. The Balaban J connectivity index is 1.98. The molecular formula is C23H21ClN4O2. The minimum atomic E-state index is -0.265. The van der Waals surface area contributed by atoms with Gasteiger partial charge in [0.15, 0.2) is 11.6 Å². The second-order valence-electron chi connectivity index (χ2n) is 7.09. The maximum absolute atomic E-state index is 13.1. The van der Waals surface area contributed by atoms with E-state index in [1.54, 1.807) is 18.2 Å². The Morgan fingerprint density at radius 1 is 1.13 bits per heavy atom. The van der Waals surface area contributed by atoms with Crippen LogP contribution in [0.4, 0.5) is 5.82 Å². The van der Waals surface area contributed by atoms with Gasteiger partial charge in [0, 0.05) is 48.1 Å². The van der Waals surface area contributed by atoms with Crippen molar-refractivity contribution in [2.24, 2.45) is 4.99 Å². The van der Waals surface area contributed by atoms with Crippen molar-refractivity contribution in [1.29, 1.82) is 0 Å². The number of aliphatic imine (C=N–C) groups is 1. The van der Waals surface area contributed by atoms with Crippen LogP contribution in [0.25, 0.3) is 33.4 Å². The molecule has 30 heavy (non-hydrogen) atoms. The minimum absolute atomic E-state index is 0.265. The van der Waals surface area contributed by atoms with E-state index in [9.17, 15) is 4.79 Å². The monoisotopic (exact) mass is 420 g/mol. The molecule has 2 aromatic carbocycles. The maximum Gasteiger partial charge on any atom is 0.260 e. The Bertz CT molecular complexity index is 1290. The number of halogens is 1. The van der Waals surface area contributed by atoms with Crippen molar-refractivity contribution >= 4 is 34.2 Å². The molecule has 4 rings (SSSR count). The van der Waals surface area contributed by atoms with E-state index in [0.717, 1.165) is 28.8 Å². The number of rotatable bonds is 4. The van der Waals surface area contributed by atoms with Crippen molar-refractivity contribution < 1.29 is 4.52 Å². The molecule has 0 spiro atoms. The van der Waals surface area contributed by atoms with E-state index in [-0.39, 0.29) is 5.56 Å². The van der Waals surface area contributed by atoms with E-state index in [0.29, 0.717) is 27.7 Å². The molecule has 0 aliphatic carbocycles. The number of pyridine rings is 1. The average molecular weight is 421 g/mol. The van der Waals surface area contributed by atoms with E-state index in [1.165, 1.54) is 0 Å². The molecule has 0 aliphatic rings. The summed E-state index contributed by atoms with van der Waals surface area (Å²) in [7, 11) is 3.85. The molecule has 0 saturated heterocycles. The number of nitrogens with one attached hydrogen (secondary N) is 1. The summed E-state index contributed by atoms with van der Waals surface area (Å²) < 4.78 is 5.57. The van der Waals surface area contributed by atoms with Crippen LogP contribution in [-0.4, -0.2) is 35.0 Å². The van der Waals surface area contributed by atoms with E-state index < -0.39 is 0 Å². The highest BCUT2D eigenvalue weighted by atomic mass is 35.5. The molecular weight excluding hydrogens is 400 g/mol. The quantitative estimate of drug-likeness (QED) is 0.349. The summed E-state index contributed by atoms with van der Waals surface area (Å²) >= 11 is 6.27. The van der Waals surface area contributed by atoms with Crippen molar-refractivity contribution in [3.8, 4) is 22.5 Å². The molecule has 2 heterocycles. The van der Waals surface area contributed by atoms with Crippen LogP contribution in [0.2, 0.25) is 5.02 Å². The van der Waals surface area contributed by atoms with Gasteiger partial charge in [-0.2, -0.15) is 0 Å². The third-order valence-electron chi connectivity index (χ3n) is 4.86. The van der Waals surface area contributed by atoms with Gasteiger partial charge in [-0.05, 0) is 23.8 Å². The lowest BCUT2D eigenvalue weighted by atomic mass is 9.95. The van der Waals surface area contributed by atoms with E-state index >= 15 is 0 Å². The summed E-state index contributed by atoms with van der Waals surface area (Å²) in [5, 5.41) is 5.48. The minimum Gasteiger partial charge on any atom is -0.366 e. The lowest BCUT2D eigenvalue weighted by Crippen LogP contribution is -2.20. The summed E-state index contributed by atoms with van der Waals surface area (Å²) in [6, 6.07) is 16.8. The van der Waals surface area contributed by atoms with Gasteiger partial charge >= 0.3 is 0 Å². The SMILES string of the molecule is CC/C(=N\c1cc(-c2c(-c3ccccc3)c3cc(Cl)ccc3[nH]c2=O)on1)N(C)C. The second-order valence-corrected chi connectivity index (χ2v) is 7.52. The van der Waals surface area contributed by atoms with Crippen LogP contribution in [0.5, 0.6) is 0 Å². The summed E-state index contributed by atoms with van der Waals surface area (Å²) in [6.45, 7) is 2.02. The first-order valence-corrected chi connectivity index (χ1v) is 9.98. The predicted molar refractivity (Wildman–Crippen MR) is 122 cm³/mol. The van der Waals surface area contributed by atoms with Crippen LogP contribution in [-0.2, 0) is 0 Å². The van der Waals surface area contributed by atoms with Crippen molar-refractivity contribution in [2.45, 2.75) is 13.3 Å². The molecule has 0 fully saturated rings. The van der Waals surface area contributed by atoms with Gasteiger partial charge in [-0.15, -0.1) is 0 Å². The summed E-state index contributed by atoms with van der Waals surface area (Å²) in [5.74, 6) is 1.63. The molecule has 0 saturated carbocycles. The van der Waals surface area contributed by atoms with Gasteiger partial charge in [0.05, 0.1) is 5.56 Å². The zero-order valence-electron chi connectivity index (χ0n) is 16.9. The molecule has 0 radical (unpaired) electrons. The normalized spacial score (nSPS) is 11.8. The Labute approximate surface area is 178 Å². The topological polar surface area (TPSA) is 74.5 Å². The van der Waals surface area contributed by atoms with Gasteiger partial charge in [0.25, 0.3) is 5.56 Å². The number of hydrogen-bond donors (Lipinski definition) is 1. The van der Waals surface area contributed by atoms with Gasteiger partial charge in [0.2, 0.25) is 0 Å². The molecule has 0 atom stereocenters. The lowest BCUT2D eigenvalue weighted by Gasteiger charge is -2.12. The fraction of sp³-hybridized carbons (Fsp3) is 0.174. The Morgan fingerprint density at radius 2 is 1.90 bits per heavy atom. The second kappa shape index (κ2) is 8.16. The largest absolute Gasteiger partial charge is 0.366 e. The predicted octanol–water partition coefficient (Wildman–Crippen LogP) is 5.51. The van der Waals surface area contributed by atoms with Crippen molar-refractivity contribution in [3.05, 3.63) is 70.0 Å². The van der Waals surface area contributed by atoms with Crippen molar-refractivity contribution in [3.63, 3.8) is 0 Å². The number of hydrogen-bond acceptors (Lipinski definition) is 4. The van der Waals surface area contributed by atoms with Crippen molar-refractivity contribution in [2.75, 3.05) is 14.1 Å². The first kappa shape index (κ1) is 19.9. The Kier molecular flexibility index (Phi) is 5.42. The van der Waals surface area contributed by atoms with Gasteiger partial charge in [-0.25, -0.2) is 4.99 Å². The third-order valence-corrected chi connectivity index (χ3v) is 5.09. The highest BCUT2D eigenvalue weighted by molar-refractivity contribution is 6.31. The molecule has 6 nitrogen and oxygen atoms in total. The van der Waals surface area contributed by atoms with Crippen LogP contribution in [0, 0.1) is 0 Å². The Morgan fingerprint density at radius 3 is 2.60 bits per heavy atom. The number of benzene rings is 2. The summed E-state index contributed by atoms with van der Waals surface area (Å²) in [5.41, 5.74) is 2.46. The fourth-order valence-corrected chi connectivity index (χ4v) is 3.64. The van der Waals surface area contributed by atoms with Crippen LogP contribution < -0.4 is 5.56 Å². The maximum atomic E-state index is 13.1. The molecule has 2 aromatic heterocycles. The zero-order valence-corrected chi connectivity index (χ0v) is 17.7. The molecule has 0 bridgehead atoms. The molecule has 7 heteroatoms. The fourth-order valence-electron chi connectivity index (χ4n) is 3.47. The highest BCUT2D eigenvalue weighted by Crippen LogP contribution is 2.37. The van der Waals surface area contributed by atoms with E-state index in [2.05, 4.69) is 15.1 Å². The molecule has 1 N–H and O–H groups in total. The number of fused-ring (bicyclic) bond motifs is 1. The molecule has 4 aromatic rings. The lowest BCUT2D eigenvalue weighted by molar-refractivity contribution is 0.434. The van der Waals surface area contributed by atoms with Gasteiger partial charge in [-0.1, -0.05) is 54.0 Å². The number of nitrogens with zero attached hydrogens (tertiary/aromatic N) is 3. The molecule has 152 valence electrons.